The second kappa shape index (κ2) is 5.57. The fourth-order valence-corrected chi connectivity index (χ4v) is 3.01. The lowest BCUT2D eigenvalue weighted by atomic mass is 10.3. The second-order valence-electron chi connectivity index (χ2n) is 3.58. The van der Waals surface area contributed by atoms with Crippen LogP contribution < -0.4 is 5.32 Å². The zero-order chi connectivity index (χ0) is 11.4. The van der Waals surface area contributed by atoms with Crippen molar-refractivity contribution in [2.24, 2.45) is 0 Å². The molecule has 1 N–H and O–H groups in total. The number of halogens is 1. The van der Waals surface area contributed by atoms with Crippen molar-refractivity contribution in [1.82, 2.24) is 10.3 Å². The van der Waals surface area contributed by atoms with Crippen molar-refractivity contribution < 1.29 is 0 Å². The number of thiophene rings is 1. The maximum absolute atomic E-state index is 4.08. The third-order valence-corrected chi connectivity index (χ3v) is 4.40. The molecule has 4 heteroatoms. The van der Waals surface area contributed by atoms with Crippen molar-refractivity contribution in [2.75, 3.05) is 0 Å². The first-order valence-corrected chi connectivity index (χ1v) is 6.71. The Morgan fingerprint density at radius 2 is 2.31 bits per heavy atom. The lowest BCUT2D eigenvalue weighted by Gasteiger charge is -2.02. The zero-order valence-corrected chi connectivity index (χ0v) is 11.4. The highest BCUT2D eigenvalue weighted by atomic mass is 79.9. The maximum atomic E-state index is 4.08. The van der Waals surface area contributed by atoms with Crippen molar-refractivity contribution in [3.63, 3.8) is 0 Å². The van der Waals surface area contributed by atoms with E-state index in [2.05, 4.69) is 45.3 Å². The van der Waals surface area contributed by atoms with Gasteiger partial charge in [0.2, 0.25) is 0 Å². The van der Waals surface area contributed by atoms with E-state index in [9.17, 15) is 0 Å². The predicted octanol–water partition coefficient (Wildman–Crippen LogP) is 3.50. The normalized spacial score (nSPS) is 10.6. The van der Waals surface area contributed by atoms with Gasteiger partial charge in [-0.1, -0.05) is 6.07 Å². The van der Waals surface area contributed by atoms with Gasteiger partial charge in [0.15, 0.2) is 0 Å². The first kappa shape index (κ1) is 11.8. The van der Waals surface area contributed by atoms with Gasteiger partial charge >= 0.3 is 0 Å². The number of aromatic nitrogens is 1. The van der Waals surface area contributed by atoms with Gasteiger partial charge in [-0.3, -0.25) is 4.98 Å². The average Bonchev–Trinajstić information content (AvgIpc) is 2.60. The van der Waals surface area contributed by atoms with Crippen LogP contribution in [0.4, 0.5) is 0 Å². The van der Waals surface area contributed by atoms with E-state index in [0.29, 0.717) is 0 Å². The van der Waals surface area contributed by atoms with Crippen LogP contribution in [0.3, 0.4) is 0 Å². The molecular weight excluding hydrogens is 284 g/mol. The number of aryl methyl sites for hydroxylation is 1. The summed E-state index contributed by atoms with van der Waals surface area (Å²) in [5, 5.41) is 3.41. The van der Waals surface area contributed by atoms with Gasteiger partial charge in [-0.2, -0.15) is 0 Å². The number of pyridine rings is 1. The minimum absolute atomic E-state index is 0.863. The predicted molar refractivity (Wildman–Crippen MR) is 71.5 cm³/mol. The second-order valence-corrected chi connectivity index (χ2v) is 5.78. The molecule has 0 saturated heterocycles. The molecule has 0 aliphatic heterocycles. The lowest BCUT2D eigenvalue weighted by Crippen LogP contribution is -2.11. The van der Waals surface area contributed by atoms with E-state index in [0.717, 1.165) is 13.1 Å². The van der Waals surface area contributed by atoms with Crippen LogP contribution in [-0.4, -0.2) is 4.98 Å². The molecule has 0 radical (unpaired) electrons. The molecule has 0 aromatic carbocycles. The Bertz CT molecular complexity index is 434. The Morgan fingerprint density at radius 1 is 1.44 bits per heavy atom. The van der Waals surface area contributed by atoms with Crippen LogP contribution in [-0.2, 0) is 13.1 Å². The van der Waals surface area contributed by atoms with Gasteiger partial charge in [0.1, 0.15) is 0 Å². The number of hydrogen-bond donors (Lipinski definition) is 1. The number of rotatable bonds is 4. The summed E-state index contributed by atoms with van der Waals surface area (Å²) in [7, 11) is 0. The Kier molecular flexibility index (Phi) is 4.09. The summed E-state index contributed by atoms with van der Waals surface area (Å²) in [5.74, 6) is 0. The molecule has 2 rings (SSSR count). The Labute approximate surface area is 108 Å². The summed E-state index contributed by atoms with van der Waals surface area (Å²) in [5.41, 5.74) is 1.22. The molecule has 0 aliphatic carbocycles. The molecule has 2 aromatic heterocycles. The largest absolute Gasteiger partial charge is 0.308 e. The highest BCUT2D eigenvalue weighted by Gasteiger charge is 2.02. The van der Waals surface area contributed by atoms with E-state index in [-0.39, 0.29) is 0 Å². The van der Waals surface area contributed by atoms with Crippen molar-refractivity contribution in [2.45, 2.75) is 20.0 Å². The van der Waals surface area contributed by atoms with Gasteiger partial charge in [-0.25, -0.2) is 0 Å². The molecule has 0 aliphatic rings. The molecule has 2 nitrogen and oxygen atoms in total. The van der Waals surface area contributed by atoms with Crippen LogP contribution in [0.15, 0.2) is 35.1 Å². The Balaban J connectivity index is 1.84. The molecule has 0 saturated carbocycles. The number of nitrogens with one attached hydrogen (secondary N) is 1. The molecule has 0 unspecified atom stereocenters. The van der Waals surface area contributed by atoms with E-state index in [4.69, 9.17) is 0 Å². The van der Waals surface area contributed by atoms with Crippen LogP contribution in [0, 0.1) is 6.92 Å². The quantitative estimate of drug-likeness (QED) is 0.934. The summed E-state index contributed by atoms with van der Waals surface area (Å²) >= 11 is 5.35. The van der Waals surface area contributed by atoms with Gasteiger partial charge in [0.05, 0.1) is 0 Å². The number of nitrogens with zero attached hydrogens (tertiary/aromatic N) is 1. The topological polar surface area (TPSA) is 24.9 Å². The minimum atomic E-state index is 0.863. The molecular formula is C12H13BrN2S. The Hall–Kier alpha value is -0.710. The van der Waals surface area contributed by atoms with E-state index >= 15 is 0 Å². The van der Waals surface area contributed by atoms with Crippen molar-refractivity contribution in [3.8, 4) is 0 Å². The monoisotopic (exact) mass is 296 g/mol. The molecule has 0 fully saturated rings. The molecule has 84 valence electrons. The van der Waals surface area contributed by atoms with Crippen molar-refractivity contribution >= 4 is 27.3 Å². The fourth-order valence-electron chi connectivity index (χ4n) is 1.44. The molecule has 2 heterocycles. The zero-order valence-electron chi connectivity index (χ0n) is 9.03. The van der Waals surface area contributed by atoms with E-state index < -0.39 is 0 Å². The Morgan fingerprint density at radius 3 is 2.94 bits per heavy atom. The highest BCUT2D eigenvalue weighted by molar-refractivity contribution is 9.10. The van der Waals surface area contributed by atoms with Gasteiger partial charge in [-0.05, 0) is 40.5 Å². The van der Waals surface area contributed by atoms with Gasteiger partial charge < -0.3 is 5.32 Å². The first-order chi connectivity index (χ1) is 7.75. The summed E-state index contributed by atoms with van der Waals surface area (Å²) in [6, 6.07) is 6.22. The fraction of sp³-hybridized carbons (Fsp3) is 0.250. The van der Waals surface area contributed by atoms with Crippen LogP contribution in [0.1, 0.15) is 15.3 Å². The van der Waals surface area contributed by atoms with Crippen LogP contribution in [0.2, 0.25) is 0 Å². The molecule has 16 heavy (non-hydrogen) atoms. The molecule has 0 bridgehead atoms. The lowest BCUT2D eigenvalue weighted by molar-refractivity contribution is 0.699. The van der Waals surface area contributed by atoms with Crippen molar-refractivity contribution in [3.05, 3.63) is 50.4 Å². The average molecular weight is 297 g/mol. The first-order valence-electron chi connectivity index (χ1n) is 5.10. The number of hydrogen-bond acceptors (Lipinski definition) is 3. The van der Waals surface area contributed by atoms with Crippen LogP contribution in [0.5, 0.6) is 0 Å². The van der Waals surface area contributed by atoms with Gasteiger partial charge in [-0.15, -0.1) is 11.3 Å². The smallest absolute Gasteiger partial charge is 0.0314 e. The third-order valence-electron chi connectivity index (χ3n) is 2.26. The van der Waals surface area contributed by atoms with Gasteiger partial charge in [0, 0.05) is 39.7 Å². The van der Waals surface area contributed by atoms with Crippen molar-refractivity contribution in [1.29, 1.82) is 0 Å². The molecule has 2 aromatic rings. The summed E-state index contributed by atoms with van der Waals surface area (Å²) in [4.78, 5) is 6.77. The standard InChI is InChI=1S/C12H13BrN2S/c1-9-12(13)5-11(16-9)8-15-7-10-3-2-4-14-6-10/h2-6,15H,7-8H2,1H3. The summed E-state index contributed by atoms with van der Waals surface area (Å²) in [6.45, 7) is 3.90. The minimum Gasteiger partial charge on any atom is -0.308 e. The van der Waals surface area contributed by atoms with E-state index in [1.54, 1.807) is 6.20 Å². The van der Waals surface area contributed by atoms with E-state index in [1.807, 2.05) is 23.6 Å². The van der Waals surface area contributed by atoms with Crippen LogP contribution >= 0.6 is 27.3 Å². The third kappa shape index (κ3) is 3.14. The molecule has 0 atom stereocenters. The maximum Gasteiger partial charge on any atom is 0.0314 e. The SMILES string of the molecule is Cc1sc(CNCc2cccnc2)cc1Br. The molecule has 0 amide bonds. The highest BCUT2D eigenvalue weighted by Crippen LogP contribution is 2.26. The van der Waals surface area contributed by atoms with Gasteiger partial charge in [0.25, 0.3) is 0 Å². The van der Waals surface area contributed by atoms with E-state index in [1.165, 1.54) is 19.8 Å². The van der Waals surface area contributed by atoms with Crippen LogP contribution in [0.25, 0.3) is 0 Å². The summed E-state index contributed by atoms with van der Waals surface area (Å²) < 4.78 is 1.20. The summed E-state index contributed by atoms with van der Waals surface area (Å²) in [6.07, 6.45) is 3.69. The molecule has 0 spiro atoms.